The lowest BCUT2D eigenvalue weighted by atomic mass is 9.85. The van der Waals surface area contributed by atoms with Crippen molar-refractivity contribution in [3.05, 3.63) is 12.2 Å². The quantitative estimate of drug-likeness (QED) is 0.603. The van der Waals surface area contributed by atoms with Gasteiger partial charge in [0.25, 0.3) is 0 Å². The molecule has 18 heavy (non-hydrogen) atoms. The predicted molar refractivity (Wildman–Crippen MR) is 66.8 cm³/mol. The van der Waals surface area contributed by atoms with Crippen molar-refractivity contribution in [2.75, 3.05) is 6.61 Å². The predicted octanol–water partition coefficient (Wildman–Crippen LogP) is 2.15. The van der Waals surface area contributed by atoms with E-state index in [1.165, 1.54) is 0 Å². The fraction of sp³-hybridized carbons (Fsp3) is 0.692. The Bertz CT molecular complexity index is 319. The molecule has 0 heterocycles. The van der Waals surface area contributed by atoms with Crippen LogP contribution in [0.15, 0.2) is 12.2 Å². The van der Waals surface area contributed by atoms with Gasteiger partial charge in [0, 0.05) is 5.57 Å². The first-order valence-electron chi connectivity index (χ1n) is 6.27. The molecule has 0 bridgehead atoms. The van der Waals surface area contributed by atoms with Crippen LogP contribution in [0.5, 0.6) is 0 Å². The first-order chi connectivity index (χ1) is 8.49. The fourth-order valence-corrected chi connectivity index (χ4v) is 2.14. The lowest BCUT2D eigenvalue weighted by molar-refractivity contribution is -0.139. The largest absolute Gasteiger partial charge is 0.462 e. The standard InChI is InChI=1S/C13H21NO4/c1-9(2)12(15)17-8-7-10-3-5-11(6-4-10)18-13(14)16/h10-11H,1,3-8H2,2H3,(H2,14,16). The highest BCUT2D eigenvalue weighted by molar-refractivity contribution is 5.86. The summed E-state index contributed by atoms with van der Waals surface area (Å²) >= 11 is 0. The van der Waals surface area contributed by atoms with Gasteiger partial charge in [-0.25, -0.2) is 9.59 Å². The SMILES string of the molecule is C=C(C)C(=O)OCCC1CCC(OC(N)=O)CC1. The zero-order valence-electron chi connectivity index (χ0n) is 10.8. The van der Waals surface area contributed by atoms with Crippen molar-refractivity contribution in [1.29, 1.82) is 0 Å². The highest BCUT2D eigenvalue weighted by Gasteiger charge is 2.23. The summed E-state index contributed by atoms with van der Waals surface area (Å²) in [5.41, 5.74) is 5.40. The van der Waals surface area contributed by atoms with Crippen molar-refractivity contribution in [2.45, 2.75) is 45.1 Å². The van der Waals surface area contributed by atoms with Crippen LogP contribution in [0.2, 0.25) is 0 Å². The van der Waals surface area contributed by atoms with Gasteiger partial charge in [-0.15, -0.1) is 0 Å². The minimum atomic E-state index is -0.700. The normalized spacial score (nSPS) is 23.2. The number of hydrogen-bond donors (Lipinski definition) is 1. The van der Waals surface area contributed by atoms with Gasteiger partial charge in [-0.2, -0.15) is 0 Å². The van der Waals surface area contributed by atoms with E-state index in [1.54, 1.807) is 6.92 Å². The maximum absolute atomic E-state index is 11.2. The molecule has 102 valence electrons. The Hall–Kier alpha value is -1.52. The van der Waals surface area contributed by atoms with Gasteiger partial charge in [-0.1, -0.05) is 6.58 Å². The van der Waals surface area contributed by atoms with Gasteiger partial charge in [0.15, 0.2) is 0 Å². The molecule has 1 rings (SSSR count). The molecule has 1 amide bonds. The van der Waals surface area contributed by atoms with Crippen LogP contribution in [0.1, 0.15) is 39.0 Å². The summed E-state index contributed by atoms with van der Waals surface area (Å²) in [6.07, 6.45) is 3.72. The maximum atomic E-state index is 11.2. The molecule has 0 radical (unpaired) electrons. The van der Waals surface area contributed by atoms with Crippen LogP contribution in [-0.4, -0.2) is 24.8 Å². The first kappa shape index (κ1) is 14.5. The van der Waals surface area contributed by atoms with E-state index in [-0.39, 0.29) is 12.1 Å². The zero-order chi connectivity index (χ0) is 13.5. The molecule has 1 aliphatic rings. The number of amides is 1. The van der Waals surface area contributed by atoms with Gasteiger partial charge in [-0.05, 0) is 44.9 Å². The molecule has 5 nitrogen and oxygen atoms in total. The summed E-state index contributed by atoms with van der Waals surface area (Å²) in [5, 5.41) is 0. The van der Waals surface area contributed by atoms with Crippen molar-refractivity contribution in [2.24, 2.45) is 11.7 Å². The summed E-state index contributed by atoms with van der Waals surface area (Å²) in [6, 6.07) is 0. The lowest BCUT2D eigenvalue weighted by Crippen LogP contribution is -2.27. The smallest absolute Gasteiger partial charge is 0.404 e. The maximum Gasteiger partial charge on any atom is 0.404 e. The molecule has 5 heteroatoms. The Labute approximate surface area is 107 Å². The second-order valence-corrected chi connectivity index (χ2v) is 4.78. The monoisotopic (exact) mass is 255 g/mol. The topological polar surface area (TPSA) is 78.6 Å². The van der Waals surface area contributed by atoms with Gasteiger partial charge in [0.1, 0.15) is 6.10 Å². The van der Waals surface area contributed by atoms with Gasteiger partial charge in [-0.3, -0.25) is 0 Å². The number of hydrogen-bond acceptors (Lipinski definition) is 4. The highest BCUT2D eigenvalue weighted by Crippen LogP contribution is 2.28. The van der Waals surface area contributed by atoms with E-state index in [0.717, 1.165) is 32.1 Å². The molecule has 0 aromatic carbocycles. The average Bonchev–Trinajstić information content (AvgIpc) is 2.30. The number of carbonyl (C=O) groups is 2. The molecule has 0 aromatic rings. The summed E-state index contributed by atoms with van der Waals surface area (Å²) in [7, 11) is 0. The van der Waals surface area contributed by atoms with Crippen molar-refractivity contribution in [3.63, 3.8) is 0 Å². The van der Waals surface area contributed by atoms with Crippen LogP contribution in [0.3, 0.4) is 0 Å². The number of rotatable bonds is 5. The molecular formula is C13H21NO4. The van der Waals surface area contributed by atoms with Crippen molar-refractivity contribution in [1.82, 2.24) is 0 Å². The third-order valence-corrected chi connectivity index (χ3v) is 3.18. The molecular weight excluding hydrogens is 234 g/mol. The van der Waals surface area contributed by atoms with E-state index in [9.17, 15) is 9.59 Å². The summed E-state index contributed by atoms with van der Waals surface area (Å²) in [5.74, 6) is 0.191. The molecule has 0 atom stereocenters. The van der Waals surface area contributed by atoms with E-state index < -0.39 is 6.09 Å². The number of esters is 1. The lowest BCUT2D eigenvalue weighted by Gasteiger charge is -2.27. The highest BCUT2D eigenvalue weighted by atomic mass is 16.6. The van der Waals surface area contributed by atoms with E-state index in [2.05, 4.69) is 6.58 Å². The molecule has 0 spiro atoms. The minimum Gasteiger partial charge on any atom is -0.462 e. The molecule has 1 fully saturated rings. The van der Waals surface area contributed by atoms with E-state index >= 15 is 0 Å². The molecule has 1 saturated carbocycles. The van der Waals surface area contributed by atoms with Gasteiger partial charge >= 0.3 is 12.1 Å². The van der Waals surface area contributed by atoms with Crippen LogP contribution in [-0.2, 0) is 14.3 Å². The summed E-state index contributed by atoms with van der Waals surface area (Å²) in [4.78, 5) is 21.8. The Morgan fingerprint density at radius 2 is 1.89 bits per heavy atom. The van der Waals surface area contributed by atoms with Gasteiger partial charge < -0.3 is 15.2 Å². The van der Waals surface area contributed by atoms with Crippen molar-refractivity contribution < 1.29 is 19.1 Å². The van der Waals surface area contributed by atoms with Crippen LogP contribution in [0.25, 0.3) is 0 Å². The van der Waals surface area contributed by atoms with Gasteiger partial charge in [0.2, 0.25) is 0 Å². The Balaban J connectivity index is 2.14. The third kappa shape index (κ3) is 5.21. The Morgan fingerprint density at radius 1 is 1.28 bits per heavy atom. The van der Waals surface area contributed by atoms with Crippen LogP contribution < -0.4 is 5.73 Å². The van der Waals surface area contributed by atoms with Crippen LogP contribution in [0.4, 0.5) is 4.79 Å². The molecule has 1 aliphatic carbocycles. The molecule has 0 saturated heterocycles. The number of nitrogens with two attached hydrogens (primary N) is 1. The van der Waals surface area contributed by atoms with Gasteiger partial charge in [0.05, 0.1) is 6.61 Å². The molecule has 2 N–H and O–H groups in total. The minimum absolute atomic E-state index is 0.0447. The van der Waals surface area contributed by atoms with Crippen molar-refractivity contribution in [3.8, 4) is 0 Å². The summed E-state index contributed by atoms with van der Waals surface area (Å²) < 4.78 is 10.0. The van der Waals surface area contributed by atoms with Crippen molar-refractivity contribution >= 4 is 12.1 Å². The first-order valence-corrected chi connectivity index (χ1v) is 6.27. The third-order valence-electron chi connectivity index (χ3n) is 3.18. The Morgan fingerprint density at radius 3 is 2.39 bits per heavy atom. The second-order valence-electron chi connectivity index (χ2n) is 4.78. The number of primary amides is 1. The number of ether oxygens (including phenoxy) is 2. The van der Waals surface area contributed by atoms with Crippen LogP contribution in [0, 0.1) is 5.92 Å². The van der Waals surface area contributed by atoms with Crippen LogP contribution >= 0.6 is 0 Å². The molecule has 0 unspecified atom stereocenters. The summed E-state index contributed by atoms with van der Waals surface area (Å²) in [6.45, 7) is 5.59. The molecule has 0 aliphatic heterocycles. The van der Waals surface area contributed by atoms with E-state index in [4.69, 9.17) is 15.2 Å². The average molecular weight is 255 g/mol. The number of carbonyl (C=O) groups excluding carboxylic acids is 2. The van der Waals surface area contributed by atoms with E-state index in [1.807, 2.05) is 0 Å². The fourth-order valence-electron chi connectivity index (χ4n) is 2.14. The molecule has 0 aromatic heterocycles. The second kappa shape index (κ2) is 7.03. The van der Waals surface area contributed by atoms with E-state index in [0.29, 0.717) is 18.1 Å². The Kier molecular flexibility index (Phi) is 5.68. The zero-order valence-corrected chi connectivity index (χ0v) is 10.8.